The third-order valence-electron chi connectivity index (χ3n) is 5.97. The first-order valence-corrected chi connectivity index (χ1v) is 12.0. The second-order valence-corrected chi connectivity index (χ2v) is 9.31. The standard InChI is InChI=1S/C25H26N2O5S/c28-22(26-20-12-6-7-13-21(20)33-17-8-2-1-3-9-17)16-32-23(29)14-15-27-24(30)18-10-4-5-11-19(18)25(27)31/h1-3,6-9,12-13,18-19H,4-5,10-11,14-16H2,(H,26,28)/t18-,19-/m0/s1. The van der Waals surface area contributed by atoms with Crippen molar-refractivity contribution in [2.45, 2.75) is 41.9 Å². The number of benzene rings is 2. The predicted octanol–water partition coefficient (Wildman–Crippen LogP) is 3.88. The highest BCUT2D eigenvalue weighted by Crippen LogP contribution is 2.38. The van der Waals surface area contributed by atoms with Gasteiger partial charge in [0.25, 0.3) is 5.91 Å². The van der Waals surface area contributed by atoms with Crippen LogP contribution in [0.15, 0.2) is 64.4 Å². The molecule has 2 atom stereocenters. The van der Waals surface area contributed by atoms with E-state index in [4.69, 9.17) is 4.74 Å². The van der Waals surface area contributed by atoms with Crippen molar-refractivity contribution in [2.24, 2.45) is 11.8 Å². The number of nitrogens with zero attached hydrogens (tertiary/aromatic N) is 1. The van der Waals surface area contributed by atoms with Gasteiger partial charge in [-0.25, -0.2) is 0 Å². The Bertz CT molecular complexity index is 1020. The molecule has 1 heterocycles. The summed E-state index contributed by atoms with van der Waals surface area (Å²) in [6.07, 6.45) is 3.27. The number of nitrogens with one attached hydrogen (secondary N) is 1. The minimum Gasteiger partial charge on any atom is -0.456 e. The van der Waals surface area contributed by atoms with Crippen molar-refractivity contribution in [1.29, 1.82) is 0 Å². The Kier molecular flexibility index (Phi) is 7.44. The summed E-state index contributed by atoms with van der Waals surface area (Å²) in [6, 6.07) is 17.2. The number of carbonyl (C=O) groups is 4. The lowest BCUT2D eigenvalue weighted by atomic mass is 9.81. The number of hydrogen-bond acceptors (Lipinski definition) is 6. The van der Waals surface area contributed by atoms with E-state index in [1.807, 2.05) is 48.5 Å². The Labute approximate surface area is 196 Å². The maximum absolute atomic E-state index is 12.5. The summed E-state index contributed by atoms with van der Waals surface area (Å²) >= 11 is 1.52. The van der Waals surface area contributed by atoms with Crippen LogP contribution >= 0.6 is 11.8 Å². The monoisotopic (exact) mass is 466 g/mol. The molecule has 8 heteroatoms. The fourth-order valence-electron chi connectivity index (χ4n) is 4.33. The predicted molar refractivity (Wildman–Crippen MR) is 123 cm³/mol. The topological polar surface area (TPSA) is 92.8 Å². The van der Waals surface area contributed by atoms with E-state index in [1.54, 1.807) is 6.07 Å². The molecule has 7 nitrogen and oxygen atoms in total. The van der Waals surface area contributed by atoms with Crippen LogP contribution in [0.1, 0.15) is 32.1 Å². The summed E-state index contributed by atoms with van der Waals surface area (Å²) in [7, 11) is 0. The maximum atomic E-state index is 12.5. The fraction of sp³-hybridized carbons (Fsp3) is 0.360. The molecule has 172 valence electrons. The van der Waals surface area contributed by atoms with Gasteiger partial charge in [-0.05, 0) is 37.1 Å². The summed E-state index contributed by atoms with van der Waals surface area (Å²) in [5.41, 5.74) is 0.628. The van der Waals surface area contributed by atoms with Gasteiger partial charge in [-0.3, -0.25) is 24.1 Å². The summed E-state index contributed by atoms with van der Waals surface area (Å²) in [5.74, 6) is -1.90. The van der Waals surface area contributed by atoms with Gasteiger partial charge in [-0.2, -0.15) is 0 Å². The minimum atomic E-state index is -0.618. The van der Waals surface area contributed by atoms with Crippen LogP contribution in [0.4, 0.5) is 5.69 Å². The van der Waals surface area contributed by atoms with Crippen molar-refractivity contribution < 1.29 is 23.9 Å². The van der Waals surface area contributed by atoms with E-state index in [0.29, 0.717) is 5.69 Å². The number of para-hydroxylation sites is 1. The van der Waals surface area contributed by atoms with Gasteiger partial charge in [0.2, 0.25) is 11.8 Å². The Morgan fingerprint density at radius 1 is 0.939 bits per heavy atom. The number of imide groups is 1. The molecule has 0 bridgehead atoms. The molecule has 1 saturated carbocycles. The zero-order chi connectivity index (χ0) is 23.2. The van der Waals surface area contributed by atoms with Gasteiger partial charge < -0.3 is 10.1 Å². The molecular weight excluding hydrogens is 440 g/mol. The summed E-state index contributed by atoms with van der Waals surface area (Å²) in [5, 5.41) is 2.78. The molecular formula is C25H26N2O5S. The van der Waals surface area contributed by atoms with Crippen LogP contribution in [0.2, 0.25) is 0 Å². The number of ether oxygens (including phenoxy) is 1. The van der Waals surface area contributed by atoms with E-state index in [1.165, 1.54) is 16.7 Å². The molecule has 2 aromatic rings. The first kappa shape index (κ1) is 23.0. The maximum Gasteiger partial charge on any atom is 0.308 e. The number of esters is 1. The zero-order valence-corrected chi connectivity index (χ0v) is 19.0. The van der Waals surface area contributed by atoms with Gasteiger partial charge in [0.1, 0.15) is 0 Å². The number of carbonyl (C=O) groups excluding carboxylic acids is 4. The number of rotatable bonds is 8. The van der Waals surface area contributed by atoms with Crippen molar-refractivity contribution in [2.75, 3.05) is 18.5 Å². The van der Waals surface area contributed by atoms with Crippen molar-refractivity contribution in [3.63, 3.8) is 0 Å². The van der Waals surface area contributed by atoms with Gasteiger partial charge in [-0.1, -0.05) is 54.9 Å². The molecule has 2 aliphatic rings. The highest BCUT2D eigenvalue weighted by Gasteiger charge is 2.47. The Hall–Kier alpha value is -3.13. The molecule has 1 saturated heterocycles. The number of anilines is 1. The van der Waals surface area contributed by atoms with Gasteiger partial charge in [0.15, 0.2) is 6.61 Å². The molecule has 0 unspecified atom stereocenters. The van der Waals surface area contributed by atoms with E-state index < -0.39 is 18.5 Å². The minimum absolute atomic E-state index is 0.00165. The number of hydrogen-bond donors (Lipinski definition) is 1. The summed E-state index contributed by atoms with van der Waals surface area (Å²) < 4.78 is 5.08. The third-order valence-corrected chi connectivity index (χ3v) is 7.05. The lowest BCUT2D eigenvalue weighted by Gasteiger charge is -2.19. The van der Waals surface area contributed by atoms with Crippen LogP contribution in [-0.2, 0) is 23.9 Å². The Morgan fingerprint density at radius 2 is 1.58 bits per heavy atom. The Morgan fingerprint density at radius 3 is 2.27 bits per heavy atom. The number of fused-ring (bicyclic) bond motifs is 1. The summed E-state index contributed by atoms with van der Waals surface area (Å²) in [6.45, 7) is -0.433. The molecule has 0 spiro atoms. The van der Waals surface area contributed by atoms with E-state index in [0.717, 1.165) is 35.5 Å². The fourth-order valence-corrected chi connectivity index (χ4v) is 5.26. The largest absolute Gasteiger partial charge is 0.456 e. The highest BCUT2D eigenvalue weighted by molar-refractivity contribution is 7.99. The quantitative estimate of drug-likeness (QED) is 0.469. The van der Waals surface area contributed by atoms with E-state index in [2.05, 4.69) is 5.32 Å². The third kappa shape index (κ3) is 5.63. The SMILES string of the molecule is O=C(COC(=O)CCN1C(=O)[C@H]2CCCC[C@@H]2C1=O)Nc1ccccc1Sc1ccccc1. The molecule has 4 rings (SSSR count). The molecule has 1 aliphatic heterocycles. The average Bonchev–Trinajstić information content (AvgIpc) is 3.08. The van der Waals surface area contributed by atoms with Crippen molar-refractivity contribution in [3.05, 3.63) is 54.6 Å². The van der Waals surface area contributed by atoms with Gasteiger partial charge in [0, 0.05) is 16.3 Å². The highest BCUT2D eigenvalue weighted by atomic mass is 32.2. The number of amides is 3. The second kappa shape index (κ2) is 10.7. The number of likely N-dealkylation sites (tertiary alicyclic amines) is 1. The van der Waals surface area contributed by atoms with Crippen molar-refractivity contribution in [3.8, 4) is 0 Å². The zero-order valence-electron chi connectivity index (χ0n) is 18.2. The lowest BCUT2D eigenvalue weighted by molar-refractivity contribution is -0.148. The molecule has 1 N–H and O–H groups in total. The second-order valence-electron chi connectivity index (χ2n) is 8.20. The van der Waals surface area contributed by atoms with E-state index >= 15 is 0 Å². The first-order valence-electron chi connectivity index (χ1n) is 11.2. The average molecular weight is 467 g/mol. The van der Waals surface area contributed by atoms with Crippen molar-refractivity contribution in [1.82, 2.24) is 4.90 Å². The first-order chi connectivity index (χ1) is 16.0. The van der Waals surface area contributed by atoms with Crippen molar-refractivity contribution >= 4 is 41.1 Å². The van der Waals surface area contributed by atoms with E-state index in [9.17, 15) is 19.2 Å². The molecule has 0 aromatic heterocycles. The smallest absolute Gasteiger partial charge is 0.308 e. The normalized spacial score (nSPS) is 19.8. The molecule has 3 amide bonds. The van der Waals surface area contributed by atoms with Gasteiger partial charge >= 0.3 is 5.97 Å². The van der Waals surface area contributed by atoms with Crippen LogP contribution in [0.5, 0.6) is 0 Å². The van der Waals surface area contributed by atoms with E-state index in [-0.39, 0.29) is 36.6 Å². The molecule has 1 aliphatic carbocycles. The van der Waals surface area contributed by atoms with Crippen LogP contribution in [-0.4, -0.2) is 41.7 Å². The lowest BCUT2D eigenvalue weighted by Crippen LogP contribution is -2.33. The van der Waals surface area contributed by atoms with Crippen LogP contribution in [0.3, 0.4) is 0 Å². The van der Waals surface area contributed by atoms with Crippen LogP contribution < -0.4 is 5.32 Å². The van der Waals surface area contributed by atoms with Crippen LogP contribution in [0, 0.1) is 11.8 Å². The molecule has 2 fully saturated rings. The van der Waals surface area contributed by atoms with Gasteiger partial charge in [-0.15, -0.1) is 0 Å². The molecule has 2 aromatic carbocycles. The molecule has 0 radical (unpaired) electrons. The Balaban J connectivity index is 1.25. The summed E-state index contributed by atoms with van der Waals surface area (Å²) in [4.78, 5) is 52.5. The molecule has 33 heavy (non-hydrogen) atoms. The van der Waals surface area contributed by atoms with Crippen LogP contribution in [0.25, 0.3) is 0 Å². The van der Waals surface area contributed by atoms with Gasteiger partial charge in [0.05, 0.1) is 23.9 Å².